The van der Waals surface area contributed by atoms with Gasteiger partial charge in [-0.3, -0.25) is 4.55 Å². The fourth-order valence-corrected chi connectivity index (χ4v) is 3.42. The predicted octanol–water partition coefficient (Wildman–Crippen LogP) is 2.02. The molecule has 0 amide bonds. The van der Waals surface area contributed by atoms with Gasteiger partial charge in [0, 0.05) is 11.8 Å². The average Bonchev–Trinajstić information content (AvgIpc) is 2.17. The Kier molecular flexibility index (Phi) is 2.60. The summed E-state index contributed by atoms with van der Waals surface area (Å²) in [5.41, 5.74) is 0. The second-order valence-corrected chi connectivity index (χ2v) is 5.55. The first-order chi connectivity index (χ1) is 7.00. The molecular weight excluding hydrogens is 216 g/mol. The van der Waals surface area contributed by atoms with Crippen LogP contribution in [0.15, 0.2) is 22.8 Å². The van der Waals surface area contributed by atoms with Crippen LogP contribution < -0.4 is 0 Å². The van der Waals surface area contributed by atoms with Gasteiger partial charge in [0.2, 0.25) is 0 Å². The van der Waals surface area contributed by atoms with E-state index in [0.717, 1.165) is 19.3 Å². The second kappa shape index (κ2) is 3.64. The van der Waals surface area contributed by atoms with Gasteiger partial charge in [-0.1, -0.05) is 12.8 Å². The molecule has 0 spiro atoms. The third kappa shape index (κ3) is 1.94. The maximum Gasteiger partial charge on any atom is 0.290 e. The monoisotopic (exact) mass is 230 g/mol. The van der Waals surface area contributed by atoms with E-state index in [1.165, 1.54) is 12.2 Å². The lowest BCUT2D eigenvalue weighted by Crippen LogP contribution is -2.28. The van der Waals surface area contributed by atoms with Gasteiger partial charge in [-0.15, -0.1) is 0 Å². The summed E-state index contributed by atoms with van der Waals surface area (Å²) in [4.78, 5) is 0.0602. The Balaban J connectivity index is 2.40. The molecule has 2 atom stereocenters. The van der Waals surface area contributed by atoms with Crippen LogP contribution in [0, 0.1) is 11.8 Å². The normalized spacial score (nSPS) is 31.5. The molecule has 84 valence electrons. The molecule has 2 aliphatic rings. The maximum absolute atomic E-state index is 11.1. The number of rotatable bonds is 1. The fraction of sp³-hybridized carbons (Fsp3) is 0.600. The first-order valence-corrected chi connectivity index (χ1v) is 6.52. The highest BCUT2D eigenvalue weighted by molar-refractivity contribution is 7.89. The Hall–Kier alpha value is -0.810. The number of aliphatic hydroxyl groups excluding tert-OH is 1. The summed E-state index contributed by atoms with van der Waals surface area (Å²) in [5.74, 6) is -0.119. The Morgan fingerprint density at radius 2 is 1.73 bits per heavy atom. The zero-order chi connectivity index (χ0) is 11.1. The fourth-order valence-electron chi connectivity index (χ4n) is 2.52. The van der Waals surface area contributed by atoms with Gasteiger partial charge in [0.15, 0.2) is 0 Å². The van der Waals surface area contributed by atoms with Crippen molar-refractivity contribution in [3.8, 4) is 0 Å². The van der Waals surface area contributed by atoms with E-state index in [4.69, 9.17) is 4.55 Å². The molecule has 15 heavy (non-hydrogen) atoms. The molecule has 0 heterocycles. The van der Waals surface area contributed by atoms with Crippen LogP contribution in [0.1, 0.15) is 25.7 Å². The van der Waals surface area contributed by atoms with E-state index in [0.29, 0.717) is 6.42 Å². The molecule has 0 radical (unpaired) electrons. The van der Waals surface area contributed by atoms with E-state index in [-0.39, 0.29) is 22.5 Å². The lowest BCUT2D eigenvalue weighted by atomic mass is 9.76. The predicted molar refractivity (Wildman–Crippen MR) is 55.8 cm³/mol. The van der Waals surface area contributed by atoms with Crippen LogP contribution in [-0.2, 0) is 10.1 Å². The van der Waals surface area contributed by atoms with Crippen molar-refractivity contribution in [1.82, 2.24) is 0 Å². The van der Waals surface area contributed by atoms with E-state index in [9.17, 15) is 13.5 Å². The van der Waals surface area contributed by atoms with Crippen molar-refractivity contribution in [2.75, 3.05) is 0 Å². The van der Waals surface area contributed by atoms with Gasteiger partial charge in [-0.25, -0.2) is 0 Å². The van der Waals surface area contributed by atoms with E-state index in [1.54, 1.807) is 0 Å². The summed E-state index contributed by atoms with van der Waals surface area (Å²) < 4.78 is 31.3. The molecule has 1 fully saturated rings. The topological polar surface area (TPSA) is 74.6 Å². The van der Waals surface area contributed by atoms with E-state index < -0.39 is 10.1 Å². The number of hydrogen-bond acceptors (Lipinski definition) is 3. The van der Waals surface area contributed by atoms with E-state index >= 15 is 0 Å². The lowest BCUT2D eigenvalue weighted by molar-refractivity contribution is 0.224. The van der Waals surface area contributed by atoms with Crippen LogP contribution in [0.2, 0.25) is 0 Å². The van der Waals surface area contributed by atoms with Crippen LogP contribution in [0.25, 0.3) is 0 Å². The van der Waals surface area contributed by atoms with Gasteiger partial charge in [0.05, 0.1) is 10.7 Å². The SMILES string of the molecule is O=S(=O)(O)C1=CC=C(O)C2CCCCC12. The first kappa shape index (κ1) is 10.7. The minimum atomic E-state index is -4.11. The maximum atomic E-state index is 11.1. The Bertz CT molecular complexity index is 419. The van der Waals surface area contributed by atoms with E-state index in [1.807, 2.05) is 0 Å². The molecular formula is C10H14O4S. The molecule has 0 saturated heterocycles. The Labute approximate surface area is 89.1 Å². The highest BCUT2D eigenvalue weighted by atomic mass is 32.2. The summed E-state index contributed by atoms with van der Waals surface area (Å²) in [7, 11) is -4.11. The third-order valence-corrected chi connectivity index (χ3v) is 4.26. The summed E-state index contributed by atoms with van der Waals surface area (Å²) >= 11 is 0. The van der Waals surface area contributed by atoms with E-state index in [2.05, 4.69) is 0 Å². The van der Waals surface area contributed by atoms with Crippen LogP contribution in [0.4, 0.5) is 0 Å². The number of aliphatic hydroxyl groups is 1. The zero-order valence-corrected chi connectivity index (χ0v) is 9.07. The first-order valence-electron chi connectivity index (χ1n) is 5.08. The summed E-state index contributed by atoms with van der Waals surface area (Å²) in [6.45, 7) is 0. The molecule has 2 unspecified atom stereocenters. The lowest BCUT2D eigenvalue weighted by Gasteiger charge is -2.33. The van der Waals surface area contributed by atoms with Gasteiger partial charge in [0.1, 0.15) is 0 Å². The van der Waals surface area contributed by atoms with Gasteiger partial charge in [-0.2, -0.15) is 8.42 Å². The van der Waals surface area contributed by atoms with Crippen molar-refractivity contribution in [2.24, 2.45) is 11.8 Å². The molecule has 0 aromatic rings. The number of fused-ring (bicyclic) bond motifs is 1. The van der Waals surface area contributed by atoms with Crippen molar-refractivity contribution in [1.29, 1.82) is 0 Å². The standard InChI is InChI=1S/C10H14O4S/c11-9-5-6-10(15(12,13)14)8-4-2-1-3-7(8)9/h5-8,11H,1-4H2,(H,12,13,14). The highest BCUT2D eigenvalue weighted by Crippen LogP contribution is 2.42. The molecule has 0 aromatic heterocycles. The van der Waals surface area contributed by atoms with Crippen molar-refractivity contribution in [3.63, 3.8) is 0 Å². The van der Waals surface area contributed by atoms with Crippen LogP contribution in [0.5, 0.6) is 0 Å². The Morgan fingerprint density at radius 1 is 1.13 bits per heavy atom. The molecule has 2 rings (SSSR count). The van der Waals surface area contributed by atoms with Gasteiger partial charge in [0.25, 0.3) is 10.1 Å². The van der Waals surface area contributed by atoms with Crippen molar-refractivity contribution in [2.45, 2.75) is 25.7 Å². The molecule has 0 aromatic carbocycles. The van der Waals surface area contributed by atoms with Gasteiger partial charge in [-0.05, 0) is 25.0 Å². The van der Waals surface area contributed by atoms with Crippen molar-refractivity contribution in [3.05, 3.63) is 22.8 Å². The average molecular weight is 230 g/mol. The number of hydrogen-bond donors (Lipinski definition) is 2. The van der Waals surface area contributed by atoms with Crippen molar-refractivity contribution < 1.29 is 18.1 Å². The third-order valence-electron chi connectivity index (χ3n) is 3.23. The molecule has 2 N–H and O–H groups in total. The van der Waals surface area contributed by atoms with Crippen LogP contribution >= 0.6 is 0 Å². The quantitative estimate of drug-likeness (QED) is 0.676. The van der Waals surface area contributed by atoms with Gasteiger partial charge < -0.3 is 5.11 Å². The molecule has 0 aliphatic heterocycles. The van der Waals surface area contributed by atoms with Crippen LogP contribution in [0.3, 0.4) is 0 Å². The molecule has 2 aliphatic carbocycles. The van der Waals surface area contributed by atoms with Crippen molar-refractivity contribution >= 4 is 10.1 Å². The summed E-state index contributed by atoms with van der Waals surface area (Å²) in [5, 5.41) is 9.63. The minimum absolute atomic E-state index is 0.0602. The molecule has 5 heteroatoms. The molecule has 0 bridgehead atoms. The van der Waals surface area contributed by atoms with Gasteiger partial charge >= 0.3 is 0 Å². The van der Waals surface area contributed by atoms with Crippen LogP contribution in [-0.4, -0.2) is 18.1 Å². The molecule has 4 nitrogen and oxygen atoms in total. The summed E-state index contributed by atoms with van der Waals surface area (Å²) in [6, 6.07) is 0. The smallest absolute Gasteiger partial charge is 0.290 e. The Morgan fingerprint density at radius 3 is 2.33 bits per heavy atom. The largest absolute Gasteiger partial charge is 0.512 e. The second-order valence-electron chi connectivity index (χ2n) is 4.13. The summed E-state index contributed by atoms with van der Waals surface area (Å²) in [6.07, 6.45) is 6.15. The zero-order valence-electron chi connectivity index (χ0n) is 8.26. The highest BCUT2D eigenvalue weighted by Gasteiger charge is 2.37. The minimum Gasteiger partial charge on any atom is -0.512 e. The number of allylic oxidation sites excluding steroid dienone is 4. The molecule has 1 saturated carbocycles.